The van der Waals surface area contributed by atoms with Gasteiger partial charge in [0, 0.05) is 26.5 Å². The Morgan fingerprint density at radius 3 is 3.06 bits per heavy atom. The lowest BCUT2D eigenvalue weighted by Crippen LogP contribution is -1.96. The van der Waals surface area contributed by atoms with Crippen molar-refractivity contribution in [1.29, 1.82) is 0 Å². The summed E-state index contributed by atoms with van der Waals surface area (Å²) in [7, 11) is 0. The zero-order chi connectivity index (χ0) is 12.5. The monoisotopic (exact) mass is 323 g/mol. The molecule has 2 heterocycles. The van der Waals surface area contributed by atoms with E-state index in [1.54, 1.807) is 17.4 Å². The highest BCUT2D eigenvalue weighted by molar-refractivity contribution is 9.10. The lowest BCUT2D eigenvalue weighted by molar-refractivity contribution is 0.615. The van der Waals surface area contributed by atoms with E-state index in [1.165, 1.54) is 4.88 Å². The number of nitrogens with two attached hydrogens (primary N) is 1. The summed E-state index contributed by atoms with van der Waals surface area (Å²) in [6.45, 7) is 0.693. The first kappa shape index (κ1) is 11.6. The van der Waals surface area contributed by atoms with Crippen LogP contribution in [-0.2, 0) is 6.54 Å². The first-order chi connectivity index (χ1) is 8.70. The maximum absolute atomic E-state index is 5.69. The minimum absolute atomic E-state index is 0.514. The second kappa shape index (κ2) is 4.62. The summed E-state index contributed by atoms with van der Waals surface area (Å²) in [6, 6.07) is 8.01. The van der Waals surface area contributed by atoms with E-state index < -0.39 is 0 Å². The third-order valence-electron chi connectivity index (χ3n) is 2.45. The number of rotatable bonds is 3. The Bertz CT molecular complexity index is 692. The number of nitrogens with zero attached hydrogens (tertiary/aromatic N) is 1. The van der Waals surface area contributed by atoms with Gasteiger partial charge in [-0.15, -0.1) is 11.3 Å². The third kappa shape index (κ3) is 2.34. The second-order valence-corrected chi connectivity index (χ2v) is 5.74. The average molecular weight is 324 g/mol. The van der Waals surface area contributed by atoms with Crippen LogP contribution in [0.2, 0.25) is 0 Å². The van der Waals surface area contributed by atoms with Crippen molar-refractivity contribution in [2.45, 2.75) is 6.54 Å². The van der Waals surface area contributed by atoms with Crippen LogP contribution in [0.4, 0.5) is 11.7 Å². The maximum atomic E-state index is 5.69. The molecule has 0 atom stereocenters. The minimum atomic E-state index is 0.514. The second-order valence-electron chi connectivity index (χ2n) is 3.83. The largest absolute Gasteiger partial charge is 0.423 e. The van der Waals surface area contributed by atoms with Gasteiger partial charge in [0.15, 0.2) is 5.58 Å². The molecular formula is C12H10BrN3OS. The third-order valence-corrected chi connectivity index (χ3v) is 4.15. The number of halogens is 1. The average Bonchev–Trinajstić information content (AvgIpc) is 2.92. The van der Waals surface area contributed by atoms with E-state index in [0.717, 1.165) is 9.99 Å². The molecule has 0 aliphatic carbocycles. The number of benzene rings is 1. The molecule has 1 aromatic carbocycles. The van der Waals surface area contributed by atoms with Gasteiger partial charge in [-0.3, -0.25) is 0 Å². The molecule has 0 amide bonds. The van der Waals surface area contributed by atoms with Crippen LogP contribution >= 0.6 is 27.3 Å². The fraction of sp³-hybridized carbons (Fsp3) is 0.0833. The molecular weight excluding hydrogens is 314 g/mol. The van der Waals surface area contributed by atoms with E-state index in [4.69, 9.17) is 10.2 Å². The normalized spacial score (nSPS) is 10.9. The van der Waals surface area contributed by atoms with E-state index in [2.05, 4.69) is 32.3 Å². The molecule has 6 heteroatoms. The van der Waals surface area contributed by atoms with Crippen LogP contribution in [-0.4, -0.2) is 4.98 Å². The number of hydrogen-bond donors (Lipinski definition) is 2. The lowest BCUT2D eigenvalue weighted by atomic mass is 10.3. The highest BCUT2D eigenvalue weighted by Crippen LogP contribution is 2.23. The standard InChI is InChI=1S/C12H10BrN3OS/c13-7-3-9(18-6-7)5-15-12-16-10-2-1-8(14)4-11(10)17-12/h1-4,6H,5,14H2,(H,15,16). The topological polar surface area (TPSA) is 64.1 Å². The number of oxazole rings is 1. The van der Waals surface area contributed by atoms with Crippen LogP contribution in [0.3, 0.4) is 0 Å². The number of aromatic nitrogens is 1. The molecule has 0 unspecified atom stereocenters. The molecule has 4 nitrogen and oxygen atoms in total. The highest BCUT2D eigenvalue weighted by Gasteiger charge is 2.06. The van der Waals surface area contributed by atoms with Crippen molar-refractivity contribution in [2.24, 2.45) is 0 Å². The predicted molar refractivity (Wildman–Crippen MR) is 77.8 cm³/mol. The molecule has 0 bridgehead atoms. The van der Waals surface area contributed by atoms with E-state index in [9.17, 15) is 0 Å². The Kier molecular flexibility index (Phi) is 2.97. The predicted octanol–water partition coefficient (Wildman–Crippen LogP) is 3.85. The van der Waals surface area contributed by atoms with Crippen LogP contribution < -0.4 is 11.1 Å². The maximum Gasteiger partial charge on any atom is 0.295 e. The molecule has 3 rings (SSSR count). The van der Waals surface area contributed by atoms with Crippen LogP contribution in [0.15, 0.2) is 38.5 Å². The summed E-state index contributed by atoms with van der Waals surface area (Å²) in [5.74, 6) is 0. The molecule has 0 saturated carbocycles. The molecule has 18 heavy (non-hydrogen) atoms. The van der Waals surface area contributed by atoms with Crippen molar-refractivity contribution in [3.63, 3.8) is 0 Å². The molecule has 2 aromatic heterocycles. The Hall–Kier alpha value is -1.53. The Morgan fingerprint density at radius 2 is 2.28 bits per heavy atom. The van der Waals surface area contributed by atoms with Gasteiger partial charge >= 0.3 is 0 Å². The molecule has 3 N–H and O–H groups in total. The fourth-order valence-corrected chi connectivity index (χ4v) is 3.02. The van der Waals surface area contributed by atoms with Gasteiger partial charge in [-0.25, -0.2) is 0 Å². The van der Waals surface area contributed by atoms with Gasteiger partial charge in [0.1, 0.15) is 5.52 Å². The Balaban J connectivity index is 1.78. The summed E-state index contributed by atoms with van der Waals surface area (Å²) < 4.78 is 6.66. The lowest BCUT2D eigenvalue weighted by Gasteiger charge is -1.97. The number of thiophene rings is 1. The zero-order valence-corrected chi connectivity index (χ0v) is 11.7. The summed E-state index contributed by atoms with van der Waals surface area (Å²) in [4.78, 5) is 5.55. The van der Waals surface area contributed by atoms with E-state index in [-0.39, 0.29) is 0 Å². The number of hydrogen-bond acceptors (Lipinski definition) is 5. The summed E-state index contributed by atoms with van der Waals surface area (Å²) >= 11 is 5.10. The zero-order valence-electron chi connectivity index (χ0n) is 9.31. The van der Waals surface area contributed by atoms with Gasteiger partial charge in [0.05, 0.1) is 6.54 Å². The van der Waals surface area contributed by atoms with E-state index in [0.29, 0.717) is 23.8 Å². The highest BCUT2D eigenvalue weighted by atomic mass is 79.9. The number of nitrogen functional groups attached to an aromatic ring is 1. The van der Waals surface area contributed by atoms with Crippen LogP contribution in [0.25, 0.3) is 11.1 Å². The van der Waals surface area contributed by atoms with Gasteiger partial charge in [0.25, 0.3) is 6.01 Å². The van der Waals surface area contributed by atoms with Gasteiger partial charge < -0.3 is 15.5 Å². The van der Waals surface area contributed by atoms with Crippen molar-refractivity contribution < 1.29 is 4.42 Å². The number of nitrogens with one attached hydrogen (secondary N) is 1. The fourth-order valence-electron chi connectivity index (χ4n) is 1.63. The molecule has 3 aromatic rings. The van der Waals surface area contributed by atoms with Crippen molar-refractivity contribution >= 4 is 50.1 Å². The SMILES string of the molecule is Nc1ccc2nc(NCc3cc(Br)cs3)oc2c1. The number of fused-ring (bicyclic) bond motifs is 1. The van der Waals surface area contributed by atoms with Crippen molar-refractivity contribution in [2.75, 3.05) is 11.1 Å². The first-order valence-electron chi connectivity index (χ1n) is 5.33. The van der Waals surface area contributed by atoms with Crippen molar-refractivity contribution in [3.05, 3.63) is 39.0 Å². The van der Waals surface area contributed by atoms with Crippen LogP contribution in [0, 0.1) is 0 Å². The van der Waals surface area contributed by atoms with Gasteiger partial charge in [-0.2, -0.15) is 4.98 Å². The molecule has 0 fully saturated rings. The summed E-state index contributed by atoms with van der Waals surface area (Å²) in [5.41, 5.74) is 7.87. The molecule has 0 aliphatic rings. The van der Waals surface area contributed by atoms with E-state index in [1.807, 2.05) is 17.5 Å². The van der Waals surface area contributed by atoms with Crippen LogP contribution in [0.5, 0.6) is 0 Å². The summed E-state index contributed by atoms with van der Waals surface area (Å²) in [6.07, 6.45) is 0. The first-order valence-corrected chi connectivity index (χ1v) is 7.01. The Morgan fingerprint density at radius 1 is 1.39 bits per heavy atom. The van der Waals surface area contributed by atoms with Crippen LogP contribution in [0.1, 0.15) is 4.88 Å². The van der Waals surface area contributed by atoms with E-state index >= 15 is 0 Å². The van der Waals surface area contributed by atoms with Crippen molar-refractivity contribution in [1.82, 2.24) is 4.98 Å². The quantitative estimate of drug-likeness (QED) is 0.718. The Labute approximate surface area is 116 Å². The van der Waals surface area contributed by atoms with Gasteiger partial charge in [-0.1, -0.05) is 0 Å². The minimum Gasteiger partial charge on any atom is -0.423 e. The van der Waals surface area contributed by atoms with Gasteiger partial charge in [-0.05, 0) is 34.1 Å². The molecule has 92 valence electrons. The molecule has 0 saturated heterocycles. The number of anilines is 2. The molecule has 0 aliphatic heterocycles. The summed E-state index contributed by atoms with van der Waals surface area (Å²) in [5, 5.41) is 5.20. The molecule has 0 spiro atoms. The van der Waals surface area contributed by atoms with Gasteiger partial charge in [0.2, 0.25) is 0 Å². The smallest absolute Gasteiger partial charge is 0.295 e. The van der Waals surface area contributed by atoms with Crippen molar-refractivity contribution in [3.8, 4) is 0 Å². The molecule has 0 radical (unpaired) electrons.